The van der Waals surface area contributed by atoms with Gasteiger partial charge in [0.25, 0.3) is 5.91 Å². The van der Waals surface area contributed by atoms with E-state index >= 15 is 0 Å². The zero-order chi connectivity index (χ0) is 17.0. The predicted octanol–water partition coefficient (Wildman–Crippen LogP) is 1.90. The molecule has 122 valence electrons. The maximum absolute atomic E-state index is 12.4. The van der Waals surface area contributed by atoms with E-state index in [0.29, 0.717) is 0 Å². The summed E-state index contributed by atoms with van der Waals surface area (Å²) in [6.07, 6.45) is -3.50. The van der Waals surface area contributed by atoms with E-state index in [2.05, 4.69) is 15.7 Å². The van der Waals surface area contributed by atoms with Gasteiger partial charge in [-0.1, -0.05) is 12.1 Å². The highest BCUT2D eigenvalue weighted by Gasteiger charge is 2.33. The third-order valence-corrected chi connectivity index (χ3v) is 2.91. The Balaban J connectivity index is 2.09. The number of alkyl halides is 3. The van der Waals surface area contributed by atoms with Crippen molar-refractivity contribution in [2.45, 2.75) is 12.7 Å². The Morgan fingerprint density at radius 3 is 2.52 bits per heavy atom. The lowest BCUT2D eigenvalue weighted by molar-refractivity contribution is -0.141. The number of anilines is 1. The highest BCUT2D eigenvalue weighted by atomic mass is 19.4. The Morgan fingerprint density at radius 2 is 1.91 bits per heavy atom. The first-order valence-corrected chi connectivity index (χ1v) is 6.53. The fraction of sp³-hybridized carbons (Fsp3) is 0.214. The van der Waals surface area contributed by atoms with Gasteiger partial charge < -0.3 is 10.6 Å². The predicted molar refractivity (Wildman–Crippen MR) is 75.7 cm³/mol. The van der Waals surface area contributed by atoms with Crippen LogP contribution in [0.25, 0.3) is 0 Å². The minimum Gasteiger partial charge on any atom is -0.355 e. The summed E-state index contributed by atoms with van der Waals surface area (Å²) in [5.74, 6) is -0.988. The summed E-state index contributed by atoms with van der Waals surface area (Å²) in [5, 5.41) is 8.20. The maximum Gasteiger partial charge on any atom is 0.435 e. The Morgan fingerprint density at radius 1 is 1.22 bits per heavy atom. The fourth-order valence-corrected chi connectivity index (χ4v) is 1.86. The third kappa shape index (κ3) is 4.09. The molecule has 0 atom stereocenters. The number of nitrogens with zero attached hydrogens (tertiary/aromatic N) is 2. The first-order valence-electron chi connectivity index (χ1n) is 6.53. The summed E-state index contributed by atoms with van der Waals surface area (Å²) in [4.78, 5) is 23.6. The highest BCUT2D eigenvalue weighted by Crippen LogP contribution is 2.27. The number of rotatable bonds is 4. The maximum atomic E-state index is 12.4. The van der Waals surface area contributed by atoms with Gasteiger partial charge in [-0.15, -0.1) is 0 Å². The lowest BCUT2D eigenvalue weighted by Gasteiger charge is -2.10. The van der Waals surface area contributed by atoms with Crippen molar-refractivity contribution in [3.8, 4) is 0 Å². The molecular weight excluding hydrogens is 313 g/mol. The number of nitrogens with one attached hydrogen (secondary N) is 2. The van der Waals surface area contributed by atoms with Crippen molar-refractivity contribution in [2.75, 3.05) is 12.4 Å². The molecular formula is C14H13F3N4O2. The van der Waals surface area contributed by atoms with Crippen molar-refractivity contribution in [3.63, 3.8) is 0 Å². The fourth-order valence-electron chi connectivity index (χ4n) is 1.86. The molecule has 0 fully saturated rings. The molecule has 0 aliphatic carbocycles. The van der Waals surface area contributed by atoms with Crippen LogP contribution in [-0.4, -0.2) is 28.6 Å². The number of carbonyl (C=O) groups is 2. The van der Waals surface area contributed by atoms with Crippen molar-refractivity contribution >= 4 is 17.5 Å². The van der Waals surface area contributed by atoms with Crippen molar-refractivity contribution in [3.05, 3.63) is 47.8 Å². The van der Waals surface area contributed by atoms with Gasteiger partial charge in [0, 0.05) is 13.2 Å². The Kier molecular flexibility index (Phi) is 4.68. The van der Waals surface area contributed by atoms with E-state index in [1.807, 2.05) is 0 Å². The zero-order valence-electron chi connectivity index (χ0n) is 12.0. The standard InChI is InChI=1S/C14H13F3N4O2/c1-18-13(23)9-4-2-3-5-10(9)19-12(22)8-21-7-6-11(20-21)14(15,16)17/h2-7H,8H2,1H3,(H,18,23)(H,19,22). The van der Waals surface area contributed by atoms with Crippen molar-refractivity contribution in [1.29, 1.82) is 0 Å². The molecule has 0 spiro atoms. The largest absolute Gasteiger partial charge is 0.435 e. The molecule has 0 radical (unpaired) electrons. The lowest BCUT2D eigenvalue weighted by Crippen LogP contribution is -2.23. The molecule has 9 heteroatoms. The molecule has 0 unspecified atom stereocenters. The highest BCUT2D eigenvalue weighted by molar-refractivity contribution is 6.03. The molecule has 6 nitrogen and oxygen atoms in total. The molecule has 0 aliphatic heterocycles. The van der Waals surface area contributed by atoms with Crippen LogP contribution < -0.4 is 10.6 Å². The Labute approximate surface area is 129 Å². The average molecular weight is 326 g/mol. The summed E-state index contributed by atoms with van der Waals surface area (Å²) in [6, 6.07) is 7.07. The van der Waals surface area contributed by atoms with Crippen LogP contribution >= 0.6 is 0 Å². The van der Waals surface area contributed by atoms with Gasteiger partial charge in [0.15, 0.2) is 5.69 Å². The van der Waals surface area contributed by atoms with E-state index in [4.69, 9.17) is 0 Å². The molecule has 0 aliphatic rings. The average Bonchev–Trinajstić information content (AvgIpc) is 2.95. The van der Waals surface area contributed by atoms with Gasteiger partial charge in [-0.2, -0.15) is 18.3 Å². The number of aromatic nitrogens is 2. The quantitative estimate of drug-likeness (QED) is 0.901. The number of amides is 2. The van der Waals surface area contributed by atoms with Crippen LogP contribution in [0.2, 0.25) is 0 Å². The number of hydrogen-bond acceptors (Lipinski definition) is 3. The van der Waals surface area contributed by atoms with Crippen LogP contribution in [-0.2, 0) is 17.5 Å². The topological polar surface area (TPSA) is 76.0 Å². The van der Waals surface area contributed by atoms with Gasteiger partial charge in [-0.05, 0) is 18.2 Å². The van der Waals surface area contributed by atoms with Gasteiger partial charge in [0.1, 0.15) is 6.54 Å². The molecule has 23 heavy (non-hydrogen) atoms. The minimum absolute atomic E-state index is 0.250. The van der Waals surface area contributed by atoms with Gasteiger partial charge in [-0.25, -0.2) is 0 Å². The smallest absolute Gasteiger partial charge is 0.355 e. The minimum atomic E-state index is -4.56. The number of benzene rings is 1. The van der Waals surface area contributed by atoms with Crippen LogP contribution in [0.4, 0.5) is 18.9 Å². The van der Waals surface area contributed by atoms with Crippen molar-refractivity contribution < 1.29 is 22.8 Å². The molecule has 0 saturated heterocycles. The van der Waals surface area contributed by atoms with Crippen molar-refractivity contribution in [1.82, 2.24) is 15.1 Å². The SMILES string of the molecule is CNC(=O)c1ccccc1NC(=O)Cn1ccc(C(F)(F)F)n1. The first-order chi connectivity index (χ1) is 10.8. The Bertz CT molecular complexity index is 725. The summed E-state index contributed by atoms with van der Waals surface area (Å²) in [5.41, 5.74) is -0.559. The van der Waals surface area contributed by atoms with Gasteiger partial charge in [-0.3, -0.25) is 14.3 Å². The molecule has 2 aromatic rings. The van der Waals surface area contributed by atoms with E-state index in [9.17, 15) is 22.8 Å². The van der Waals surface area contributed by atoms with E-state index in [1.54, 1.807) is 12.1 Å². The number of halogens is 3. The third-order valence-electron chi connectivity index (χ3n) is 2.91. The molecule has 2 amide bonds. The second-order valence-electron chi connectivity index (χ2n) is 4.57. The van der Waals surface area contributed by atoms with E-state index in [1.165, 1.54) is 19.2 Å². The van der Waals surface area contributed by atoms with Crippen LogP contribution in [0.3, 0.4) is 0 Å². The van der Waals surface area contributed by atoms with E-state index in [0.717, 1.165) is 16.9 Å². The summed E-state index contributed by atoms with van der Waals surface area (Å²) in [6.45, 7) is -0.405. The number of para-hydroxylation sites is 1. The summed E-state index contributed by atoms with van der Waals surface area (Å²) >= 11 is 0. The first kappa shape index (κ1) is 16.5. The van der Waals surface area contributed by atoms with E-state index < -0.39 is 24.3 Å². The lowest BCUT2D eigenvalue weighted by atomic mass is 10.1. The Hall–Kier alpha value is -2.84. The number of carbonyl (C=O) groups excluding carboxylic acids is 2. The molecule has 1 aromatic heterocycles. The molecule has 1 heterocycles. The van der Waals surface area contributed by atoms with Crippen LogP contribution in [0, 0.1) is 0 Å². The van der Waals surface area contributed by atoms with Crippen LogP contribution in [0.15, 0.2) is 36.5 Å². The normalized spacial score (nSPS) is 11.1. The van der Waals surface area contributed by atoms with Crippen LogP contribution in [0.1, 0.15) is 16.1 Å². The second-order valence-corrected chi connectivity index (χ2v) is 4.57. The molecule has 0 saturated carbocycles. The molecule has 2 rings (SSSR count). The number of hydrogen-bond donors (Lipinski definition) is 2. The zero-order valence-corrected chi connectivity index (χ0v) is 12.0. The van der Waals surface area contributed by atoms with Gasteiger partial charge >= 0.3 is 6.18 Å². The van der Waals surface area contributed by atoms with Gasteiger partial charge in [0.05, 0.1) is 11.3 Å². The van der Waals surface area contributed by atoms with Crippen LogP contribution in [0.5, 0.6) is 0 Å². The van der Waals surface area contributed by atoms with Gasteiger partial charge in [0.2, 0.25) is 5.91 Å². The summed E-state index contributed by atoms with van der Waals surface area (Å²) < 4.78 is 38.2. The van der Waals surface area contributed by atoms with E-state index in [-0.39, 0.29) is 17.2 Å². The monoisotopic (exact) mass is 326 g/mol. The van der Waals surface area contributed by atoms with Crippen molar-refractivity contribution in [2.24, 2.45) is 0 Å². The molecule has 1 aromatic carbocycles. The summed E-state index contributed by atoms with van der Waals surface area (Å²) in [7, 11) is 1.45. The molecule has 0 bridgehead atoms. The molecule has 2 N–H and O–H groups in total. The second kappa shape index (κ2) is 6.51.